The van der Waals surface area contributed by atoms with Crippen LogP contribution in [0.25, 0.3) is 0 Å². The zero-order chi connectivity index (χ0) is 11.6. The number of esters is 1. The lowest BCUT2D eigenvalue weighted by atomic mass is 10.0. The highest BCUT2D eigenvalue weighted by molar-refractivity contribution is 9.10. The zero-order valence-electron chi connectivity index (χ0n) is 8.78. The Labute approximate surface area is 101 Å². The summed E-state index contributed by atoms with van der Waals surface area (Å²) in [7, 11) is 1.32. The molecule has 0 aliphatic rings. The average molecular weight is 293 g/mol. The number of carbonyl (C=O) groups excluding carboxylic acids is 1. The molecule has 3 nitrogen and oxygen atoms in total. The largest absolute Gasteiger partial charge is 0.469 e. The molecule has 0 saturated carbocycles. The Morgan fingerprint density at radius 1 is 1.67 bits per heavy atom. The van der Waals surface area contributed by atoms with Crippen LogP contribution in [0.2, 0.25) is 0 Å². The molecule has 0 aromatic carbocycles. The minimum absolute atomic E-state index is 0.398. The van der Waals surface area contributed by atoms with Crippen LogP contribution < -0.4 is 0 Å². The number of rotatable bonds is 3. The topological polar surface area (TPSA) is 46.5 Å². The molecular formula is C10H13BrO3S. The van der Waals surface area contributed by atoms with Crippen molar-refractivity contribution < 1.29 is 14.6 Å². The summed E-state index contributed by atoms with van der Waals surface area (Å²) in [6.45, 7) is 3.60. The van der Waals surface area contributed by atoms with Crippen molar-refractivity contribution in [1.29, 1.82) is 0 Å². The highest BCUT2D eigenvalue weighted by Crippen LogP contribution is 2.33. The first-order valence-electron chi connectivity index (χ1n) is 4.49. The van der Waals surface area contributed by atoms with Crippen LogP contribution in [0.4, 0.5) is 0 Å². The third-order valence-corrected chi connectivity index (χ3v) is 4.42. The van der Waals surface area contributed by atoms with Gasteiger partial charge in [-0.25, -0.2) is 0 Å². The molecule has 0 spiro atoms. The minimum atomic E-state index is -0.799. The Kier molecular flexibility index (Phi) is 4.31. The predicted octanol–water partition coefficient (Wildman–Crippen LogP) is 2.66. The van der Waals surface area contributed by atoms with Crippen LogP contribution in [0, 0.1) is 12.8 Å². The van der Waals surface area contributed by atoms with Crippen LogP contribution in [0.3, 0.4) is 0 Å². The second kappa shape index (κ2) is 5.09. The molecule has 0 saturated heterocycles. The molecule has 0 radical (unpaired) electrons. The van der Waals surface area contributed by atoms with Crippen molar-refractivity contribution in [2.24, 2.45) is 5.92 Å². The van der Waals surface area contributed by atoms with E-state index in [1.165, 1.54) is 18.4 Å². The van der Waals surface area contributed by atoms with E-state index in [2.05, 4.69) is 20.7 Å². The Balaban J connectivity index is 2.84. The number of aliphatic hydroxyl groups excluding tert-OH is 1. The third kappa shape index (κ3) is 2.80. The molecule has 1 aromatic rings. The summed E-state index contributed by atoms with van der Waals surface area (Å²) in [6, 6.07) is 1.84. The van der Waals surface area contributed by atoms with Gasteiger partial charge in [0.1, 0.15) is 6.10 Å². The first-order chi connectivity index (χ1) is 6.97. The highest BCUT2D eigenvalue weighted by atomic mass is 79.9. The molecule has 15 heavy (non-hydrogen) atoms. The van der Waals surface area contributed by atoms with E-state index in [4.69, 9.17) is 0 Å². The van der Waals surface area contributed by atoms with E-state index in [1.807, 2.05) is 13.0 Å². The summed E-state index contributed by atoms with van der Waals surface area (Å²) >= 11 is 4.84. The number of aryl methyl sites for hydroxylation is 1. The van der Waals surface area contributed by atoms with Crippen molar-refractivity contribution in [3.63, 3.8) is 0 Å². The van der Waals surface area contributed by atoms with Crippen molar-refractivity contribution in [3.8, 4) is 0 Å². The van der Waals surface area contributed by atoms with Crippen LogP contribution in [0.1, 0.15) is 22.8 Å². The van der Waals surface area contributed by atoms with Crippen molar-refractivity contribution in [2.75, 3.05) is 7.11 Å². The van der Waals surface area contributed by atoms with Crippen LogP contribution in [-0.4, -0.2) is 18.2 Å². The van der Waals surface area contributed by atoms with Gasteiger partial charge >= 0.3 is 5.97 Å². The van der Waals surface area contributed by atoms with Gasteiger partial charge in [-0.15, -0.1) is 11.3 Å². The molecule has 2 unspecified atom stereocenters. The lowest BCUT2D eigenvalue weighted by molar-refractivity contribution is -0.148. The second-order valence-electron chi connectivity index (χ2n) is 3.31. The summed E-state index contributed by atoms with van der Waals surface area (Å²) in [5.74, 6) is -0.940. The van der Waals surface area contributed by atoms with Crippen LogP contribution in [-0.2, 0) is 9.53 Å². The van der Waals surface area contributed by atoms with E-state index in [-0.39, 0.29) is 0 Å². The van der Waals surface area contributed by atoms with E-state index in [0.717, 1.165) is 14.2 Å². The van der Waals surface area contributed by atoms with Gasteiger partial charge < -0.3 is 9.84 Å². The van der Waals surface area contributed by atoms with Gasteiger partial charge in [-0.1, -0.05) is 0 Å². The van der Waals surface area contributed by atoms with Crippen molar-refractivity contribution in [2.45, 2.75) is 20.0 Å². The van der Waals surface area contributed by atoms with Crippen LogP contribution >= 0.6 is 27.3 Å². The monoisotopic (exact) mass is 292 g/mol. The van der Waals surface area contributed by atoms with Gasteiger partial charge in [-0.2, -0.15) is 0 Å². The van der Waals surface area contributed by atoms with Gasteiger partial charge in [0.15, 0.2) is 0 Å². The number of halogens is 1. The number of carbonyl (C=O) groups is 1. The molecule has 84 valence electrons. The number of hydrogen-bond acceptors (Lipinski definition) is 4. The molecular weight excluding hydrogens is 280 g/mol. The molecule has 1 aromatic heterocycles. The second-order valence-corrected chi connectivity index (χ2v) is 5.45. The number of methoxy groups -OCH3 is 1. The van der Waals surface area contributed by atoms with Gasteiger partial charge in [-0.3, -0.25) is 4.79 Å². The van der Waals surface area contributed by atoms with Crippen LogP contribution in [0.15, 0.2) is 10.5 Å². The fraction of sp³-hybridized carbons (Fsp3) is 0.500. The third-order valence-electron chi connectivity index (χ3n) is 2.21. The summed E-state index contributed by atoms with van der Waals surface area (Å²) < 4.78 is 5.54. The number of aliphatic hydroxyl groups is 1. The van der Waals surface area contributed by atoms with Gasteiger partial charge in [0.05, 0.1) is 13.0 Å². The molecule has 0 fully saturated rings. The fourth-order valence-electron chi connectivity index (χ4n) is 1.19. The molecule has 0 amide bonds. The van der Waals surface area contributed by atoms with E-state index >= 15 is 0 Å². The maximum absolute atomic E-state index is 11.2. The lowest BCUT2D eigenvalue weighted by Gasteiger charge is -2.14. The molecule has 0 aliphatic carbocycles. The summed E-state index contributed by atoms with van der Waals surface area (Å²) in [5, 5.41) is 9.92. The van der Waals surface area contributed by atoms with E-state index in [1.54, 1.807) is 6.92 Å². The summed E-state index contributed by atoms with van der Waals surface area (Å²) in [6.07, 6.45) is -0.799. The highest BCUT2D eigenvalue weighted by Gasteiger charge is 2.25. The molecule has 1 heterocycles. The van der Waals surface area contributed by atoms with Crippen molar-refractivity contribution in [1.82, 2.24) is 0 Å². The molecule has 2 atom stereocenters. The predicted molar refractivity (Wildman–Crippen MR) is 62.9 cm³/mol. The molecule has 0 bridgehead atoms. The van der Waals surface area contributed by atoms with Crippen molar-refractivity contribution in [3.05, 3.63) is 20.3 Å². The summed E-state index contributed by atoms with van der Waals surface area (Å²) in [4.78, 5) is 13.1. The number of thiophene rings is 1. The van der Waals surface area contributed by atoms with Gasteiger partial charge in [0, 0.05) is 14.2 Å². The first kappa shape index (κ1) is 12.7. The normalized spacial score (nSPS) is 14.7. The SMILES string of the molecule is COC(=O)C(C)C(O)c1cc(Br)c(C)s1. The molecule has 1 N–H and O–H groups in total. The Bertz CT molecular complexity index is 342. The smallest absolute Gasteiger partial charge is 0.311 e. The quantitative estimate of drug-likeness (QED) is 0.872. The maximum atomic E-state index is 11.2. The molecule has 0 aliphatic heterocycles. The van der Waals surface area contributed by atoms with Crippen LogP contribution in [0.5, 0.6) is 0 Å². The maximum Gasteiger partial charge on any atom is 0.311 e. The molecule has 5 heteroatoms. The van der Waals surface area contributed by atoms with Gasteiger partial charge in [0.2, 0.25) is 0 Å². The Morgan fingerprint density at radius 2 is 2.27 bits per heavy atom. The lowest BCUT2D eigenvalue weighted by Crippen LogP contribution is -2.19. The first-order valence-corrected chi connectivity index (χ1v) is 6.10. The van der Waals surface area contributed by atoms with Crippen molar-refractivity contribution >= 4 is 33.2 Å². The minimum Gasteiger partial charge on any atom is -0.469 e. The van der Waals surface area contributed by atoms with E-state index in [0.29, 0.717) is 0 Å². The fourth-order valence-corrected chi connectivity index (χ4v) is 2.84. The number of ether oxygens (including phenoxy) is 1. The van der Waals surface area contributed by atoms with E-state index in [9.17, 15) is 9.90 Å². The zero-order valence-corrected chi connectivity index (χ0v) is 11.2. The standard InChI is InChI=1S/C10H13BrO3S/c1-5(10(13)14-3)9(12)8-4-7(11)6(2)15-8/h4-5,9,12H,1-3H3. The summed E-state index contributed by atoms with van der Waals surface area (Å²) in [5.41, 5.74) is 0. The van der Waals surface area contributed by atoms with Gasteiger partial charge in [-0.05, 0) is 35.8 Å². The average Bonchev–Trinajstić information content (AvgIpc) is 2.56. The Hall–Kier alpha value is -0.390. The van der Waals surface area contributed by atoms with E-state index < -0.39 is 18.0 Å². The Morgan fingerprint density at radius 3 is 2.67 bits per heavy atom. The van der Waals surface area contributed by atoms with Gasteiger partial charge in [0.25, 0.3) is 0 Å². The number of hydrogen-bond donors (Lipinski definition) is 1. The molecule has 1 rings (SSSR count).